The summed E-state index contributed by atoms with van der Waals surface area (Å²) < 4.78 is 6.44. The maximum Gasteiger partial charge on any atom is 0.217 e. The fourth-order valence-corrected chi connectivity index (χ4v) is 4.04. The number of benzene rings is 3. The molecule has 0 heterocycles. The Balaban J connectivity index is 1.96. The fourth-order valence-electron chi connectivity index (χ4n) is 4.04. The highest BCUT2D eigenvalue weighted by Gasteiger charge is 2.40. The Morgan fingerprint density at radius 1 is 0.794 bits per heavy atom. The number of amides is 1. The van der Waals surface area contributed by atoms with E-state index in [-0.39, 0.29) is 6.61 Å². The molecule has 7 nitrogen and oxygen atoms in total. The van der Waals surface area contributed by atoms with Crippen LogP contribution in [-0.2, 0) is 15.1 Å². The molecule has 0 saturated carbocycles. The van der Waals surface area contributed by atoms with Gasteiger partial charge in [0.15, 0.2) is 0 Å². The molecule has 3 aromatic rings. The Bertz CT molecular complexity index is 918. The normalized spacial score (nSPS) is 15.2. The van der Waals surface area contributed by atoms with Crippen molar-refractivity contribution in [3.8, 4) is 0 Å². The molecular formula is C27H31NO6. The number of carbonyl (C=O) groups excluding carboxylic acids is 1. The van der Waals surface area contributed by atoms with Gasteiger partial charge in [-0.2, -0.15) is 0 Å². The van der Waals surface area contributed by atoms with Gasteiger partial charge in [0, 0.05) is 6.92 Å². The molecule has 1 unspecified atom stereocenters. The van der Waals surface area contributed by atoms with Crippen LogP contribution < -0.4 is 5.32 Å². The van der Waals surface area contributed by atoms with Gasteiger partial charge >= 0.3 is 0 Å². The summed E-state index contributed by atoms with van der Waals surface area (Å²) in [5.41, 5.74) is 1.35. The van der Waals surface area contributed by atoms with Crippen LogP contribution in [0.4, 0.5) is 0 Å². The molecule has 0 spiro atoms. The van der Waals surface area contributed by atoms with Crippen LogP contribution in [0.1, 0.15) is 23.6 Å². The number of aliphatic hydroxyl groups is 4. The molecule has 7 heteroatoms. The molecule has 0 radical (unpaired) electrons. The van der Waals surface area contributed by atoms with Crippen molar-refractivity contribution in [2.24, 2.45) is 0 Å². The van der Waals surface area contributed by atoms with Crippen molar-refractivity contribution in [2.45, 2.75) is 36.9 Å². The lowest BCUT2D eigenvalue weighted by Gasteiger charge is -2.37. The Kier molecular flexibility index (Phi) is 8.92. The third-order valence-corrected chi connectivity index (χ3v) is 5.75. The van der Waals surface area contributed by atoms with E-state index in [1.54, 1.807) is 0 Å². The van der Waals surface area contributed by atoms with Gasteiger partial charge in [-0.25, -0.2) is 0 Å². The van der Waals surface area contributed by atoms with Crippen LogP contribution >= 0.6 is 0 Å². The van der Waals surface area contributed by atoms with Crippen molar-refractivity contribution in [2.75, 3.05) is 13.2 Å². The quantitative estimate of drug-likeness (QED) is 0.274. The Morgan fingerprint density at radius 3 is 1.56 bits per heavy atom. The molecule has 34 heavy (non-hydrogen) atoms. The topological polar surface area (TPSA) is 119 Å². The van der Waals surface area contributed by atoms with Crippen LogP contribution in [0.3, 0.4) is 0 Å². The summed E-state index contributed by atoms with van der Waals surface area (Å²) in [4.78, 5) is 11.3. The Hall–Kier alpha value is -3.07. The van der Waals surface area contributed by atoms with Gasteiger partial charge in [0.2, 0.25) is 5.91 Å². The summed E-state index contributed by atoms with van der Waals surface area (Å²) in [6, 6.07) is 27.5. The van der Waals surface area contributed by atoms with E-state index >= 15 is 0 Å². The van der Waals surface area contributed by atoms with Crippen molar-refractivity contribution in [3.63, 3.8) is 0 Å². The summed E-state index contributed by atoms with van der Waals surface area (Å²) in [7, 11) is 0. The number of nitrogens with one attached hydrogen (secondary N) is 1. The molecule has 0 saturated heterocycles. The number of ether oxygens (including phenoxy) is 1. The lowest BCUT2D eigenvalue weighted by molar-refractivity contribution is -0.129. The summed E-state index contributed by atoms with van der Waals surface area (Å²) >= 11 is 0. The molecule has 4 atom stereocenters. The summed E-state index contributed by atoms with van der Waals surface area (Å²) in [6.07, 6.45) is -4.79. The van der Waals surface area contributed by atoms with Crippen molar-refractivity contribution < 1.29 is 30.0 Å². The molecule has 0 bridgehead atoms. The van der Waals surface area contributed by atoms with Gasteiger partial charge in [-0.1, -0.05) is 91.0 Å². The van der Waals surface area contributed by atoms with E-state index in [4.69, 9.17) is 4.74 Å². The minimum Gasteiger partial charge on any atom is -0.394 e. The van der Waals surface area contributed by atoms with Crippen LogP contribution in [0.5, 0.6) is 0 Å². The minimum atomic E-state index is -1.68. The first kappa shape index (κ1) is 25.6. The summed E-state index contributed by atoms with van der Waals surface area (Å²) in [6.45, 7) is 0.289. The molecule has 0 aliphatic carbocycles. The highest BCUT2D eigenvalue weighted by Crippen LogP contribution is 2.40. The molecule has 180 valence electrons. The van der Waals surface area contributed by atoms with Gasteiger partial charge in [0.05, 0.1) is 19.3 Å². The Labute approximate surface area is 199 Å². The third kappa shape index (κ3) is 5.70. The zero-order chi connectivity index (χ0) is 24.6. The van der Waals surface area contributed by atoms with Crippen molar-refractivity contribution in [1.82, 2.24) is 5.32 Å². The number of carbonyl (C=O) groups is 1. The average molecular weight is 466 g/mol. The fraction of sp³-hybridized carbons (Fsp3) is 0.296. The molecule has 3 aromatic carbocycles. The molecule has 0 aromatic heterocycles. The van der Waals surface area contributed by atoms with Gasteiger partial charge in [-0.05, 0) is 16.7 Å². The zero-order valence-corrected chi connectivity index (χ0v) is 19.0. The van der Waals surface area contributed by atoms with Crippen LogP contribution in [0.25, 0.3) is 0 Å². The predicted octanol–water partition coefficient (Wildman–Crippen LogP) is 1.57. The number of aliphatic hydroxyl groups excluding tert-OH is 4. The van der Waals surface area contributed by atoms with Crippen LogP contribution in [0.2, 0.25) is 0 Å². The van der Waals surface area contributed by atoms with E-state index in [0.29, 0.717) is 0 Å². The maximum atomic E-state index is 11.3. The first-order chi connectivity index (χ1) is 16.4. The second kappa shape index (κ2) is 11.9. The second-order valence-corrected chi connectivity index (χ2v) is 8.13. The van der Waals surface area contributed by atoms with E-state index in [0.717, 1.165) is 16.7 Å². The van der Waals surface area contributed by atoms with Crippen molar-refractivity contribution >= 4 is 5.91 Å². The first-order valence-electron chi connectivity index (χ1n) is 11.1. The molecule has 0 aliphatic rings. The molecule has 0 aliphatic heterocycles. The highest BCUT2D eigenvalue weighted by atomic mass is 16.5. The summed E-state index contributed by atoms with van der Waals surface area (Å²) in [5.74, 6) is -0.479. The number of hydrogen-bond donors (Lipinski definition) is 5. The number of hydrogen-bond acceptors (Lipinski definition) is 6. The molecule has 5 N–H and O–H groups in total. The van der Waals surface area contributed by atoms with E-state index in [9.17, 15) is 25.2 Å². The second-order valence-electron chi connectivity index (χ2n) is 8.13. The molecule has 0 fully saturated rings. The van der Waals surface area contributed by atoms with Crippen LogP contribution in [0, 0.1) is 0 Å². The SMILES string of the molecule is CC(=O)N[C@H](CO)[C@@H](O)[C@H](O)C(O)COC(c1ccccc1)(c1ccccc1)c1ccccc1. The van der Waals surface area contributed by atoms with E-state index < -0.39 is 42.5 Å². The van der Waals surface area contributed by atoms with E-state index in [1.807, 2.05) is 91.0 Å². The Morgan fingerprint density at radius 2 is 1.21 bits per heavy atom. The van der Waals surface area contributed by atoms with Gasteiger partial charge in [-0.15, -0.1) is 0 Å². The largest absolute Gasteiger partial charge is 0.394 e. The highest BCUT2D eigenvalue weighted by molar-refractivity contribution is 5.73. The third-order valence-electron chi connectivity index (χ3n) is 5.75. The van der Waals surface area contributed by atoms with Crippen molar-refractivity contribution in [3.05, 3.63) is 108 Å². The molecular weight excluding hydrogens is 434 g/mol. The van der Waals surface area contributed by atoms with Gasteiger partial charge in [0.25, 0.3) is 0 Å². The van der Waals surface area contributed by atoms with Crippen LogP contribution in [-0.4, -0.2) is 63.9 Å². The lowest BCUT2D eigenvalue weighted by Crippen LogP contribution is -2.54. The monoisotopic (exact) mass is 465 g/mol. The van der Waals surface area contributed by atoms with Crippen molar-refractivity contribution in [1.29, 1.82) is 0 Å². The van der Waals surface area contributed by atoms with Crippen LogP contribution in [0.15, 0.2) is 91.0 Å². The lowest BCUT2D eigenvalue weighted by atomic mass is 9.80. The average Bonchev–Trinajstić information content (AvgIpc) is 2.88. The van der Waals surface area contributed by atoms with E-state index in [1.165, 1.54) is 6.92 Å². The molecule has 1 amide bonds. The predicted molar refractivity (Wildman–Crippen MR) is 128 cm³/mol. The van der Waals surface area contributed by atoms with Gasteiger partial charge < -0.3 is 30.5 Å². The van der Waals surface area contributed by atoms with E-state index in [2.05, 4.69) is 5.32 Å². The zero-order valence-electron chi connectivity index (χ0n) is 19.0. The van der Waals surface area contributed by atoms with Gasteiger partial charge in [0.1, 0.15) is 23.9 Å². The number of rotatable bonds is 11. The minimum absolute atomic E-state index is 0.338. The first-order valence-corrected chi connectivity index (χ1v) is 11.1. The molecule has 3 rings (SSSR count). The van der Waals surface area contributed by atoms with Gasteiger partial charge in [-0.3, -0.25) is 4.79 Å². The standard InChI is InChI=1S/C27H31NO6/c1-19(30)28-23(17-29)25(32)26(33)24(31)18-34-27(20-11-5-2-6-12-20,21-13-7-3-8-14-21)22-15-9-4-10-16-22/h2-16,23-26,29,31-33H,17-18H2,1H3,(H,28,30)/t23-,24?,25-,26-/m1/s1. The summed E-state index contributed by atoms with van der Waals surface area (Å²) in [5, 5.41) is 43.6. The smallest absolute Gasteiger partial charge is 0.217 e. The maximum absolute atomic E-state index is 11.3.